The van der Waals surface area contributed by atoms with Crippen LogP contribution in [0.2, 0.25) is 0 Å². The summed E-state index contributed by atoms with van der Waals surface area (Å²) in [5.74, 6) is 2.23. The first kappa shape index (κ1) is 13.6. The third kappa shape index (κ3) is 2.16. The molecular weight excluding hydrogens is 280 g/mol. The Hall–Kier alpha value is -2.04. The Morgan fingerprint density at radius 3 is 3.05 bits per heavy atom. The first-order valence-electron chi connectivity index (χ1n) is 7.91. The van der Waals surface area contributed by atoms with Crippen LogP contribution in [0, 0.1) is 17.3 Å². The van der Waals surface area contributed by atoms with Crippen molar-refractivity contribution in [3.8, 4) is 11.5 Å². The topological polar surface area (TPSA) is 59.9 Å². The van der Waals surface area contributed by atoms with Crippen molar-refractivity contribution in [2.24, 2.45) is 22.4 Å². The Labute approximate surface area is 129 Å². The molecule has 1 heterocycles. The number of hydrogen-bond donors (Lipinski definition) is 1. The molecule has 4 rings (SSSR count). The third-order valence-electron chi connectivity index (χ3n) is 5.40. The lowest BCUT2D eigenvalue weighted by molar-refractivity contribution is -0.123. The van der Waals surface area contributed by atoms with Crippen molar-refractivity contribution in [2.45, 2.75) is 32.6 Å². The Bertz CT molecular complexity index is 643. The molecule has 22 heavy (non-hydrogen) atoms. The predicted octanol–water partition coefficient (Wildman–Crippen LogP) is 2.69. The third-order valence-corrected chi connectivity index (χ3v) is 5.40. The number of nitrogens with one attached hydrogen (secondary N) is 1. The molecule has 2 fully saturated rings. The van der Waals surface area contributed by atoms with Gasteiger partial charge in [0.25, 0.3) is 0 Å². The summed E-state index contributed by atoms with van der Waals surface area (Å²) in [6.07, 6.45) is 6.50. The monoisotopic (exact) mass is 300 g/mol. The van der Waals surface area contributed by atoms with Gasteiger partial charge in [0, 0.05) is 5.92 Å². The highest BCUT2D eigenvalue weighted by Crippen LogP contribution is 2.66. The maximum atomic E-state index is 12.3. The molecule has 3 aliphatic rings. The van der Waals surface area contributed by atoms with Gasteiger partial charge in [0.2, 0.25) is 12.7 Å². The van der Waals surface area contributed by atoms with Crippen LogP contribution in [0.15, 0.2) is 23.3 Å². The minimum absolute atomic E-state index is 0.0615. The minimum Gasteiger partial charge on any atom is -0.454 e. The summed E-state index contributed by atoms with van der Waals surface area (Å²) >= 11 is 0. The molecule has 3 atom stereocenters. The zero-order valence-corrected chi connectivity index (χ0v) is 12.7. The summed E-state index contributed by atoms with van der Waals surface area (Å²) < 4.78 is 10.6. The normalized spacial score (nSPS) is 31.9. The molecular formula is C17H20N2O3. The van der Waals surface area contributed by atoms with E-state index in [0.29, 0.717) is 5.92 Å². The van der Waals surface area contributed by atoms with Crippen molar-refractivity contribution in [1.29, 1.82) is 0 Å². The number of hydrazone groups is 1. The number of nitrogens with zero attached hydrogens (tertiary/aromatic N) is 1. The van der Waals surface area contributed by atoms with E-state index in [2.05, 4.69) is 17.5 Å². The van der Waals surface area contributed by atoms with Gasteiger partial charge in [-0.2, -0.15) is 5.10 Å². The van der Waals surface area contributed by atoms with Gasteiger partial charge >= 0.3 is 0 Å². The largest absolute Gasteiger partial charge is 0.454 e. The molecule has 1 N–H and O–H groups in total. The molecule has 1 aliphatic heterocycles. The maximum absolute atomic E-state index is 12.3. The zero-order valence-electron chi connectivity index (χ0n) is 12.7. The highest BCUT2D eigenvalue weighted by atomic mass is 16.7. The van der Waals surface area contributed by atoms with Crippen LogP contribution in [-0.4, -0.2) is 18.9 Å². The number of benzene rings is 1. The number of carbonyl (C=O) groups excluding carboxylic acids is 1. The molecule has 2 aliphatic carbocycles. The van der Waals surface area contributed by atoms with E-state index in [9.17, 15) is 4.79 Å². The molecule has 1 amide bonds. The van der Waals surface area contributed by atoms with Gasteiger partial charge in [0.1, 0.15) is 0 Å². The molecule has 0 bridgehead atoms. The quantitative estimate of drug-likeness (QED) is 0.689. The van der Waals surface area contributed by atoms with Crippen LogP contribution in [0.5, 0.6) is 11.5 Å². The van der Waals surface area contributed by atoms with Crippen LogP contribution >= 0.6 is 0 Å². The zero-order chi connectivity index (χ0) is 15.2. The van der Waals surface area contributed by atoms with Crippen LogP contribution in [0.3, 0.4) is 0 Å². The molecule has 116 valence electrons. The second-order valence-corrected chi connectivity index (χ2v) is 6.68. The van der Waals surface area contributed by atoms with E-state index in [0.717, 1.165) is 17.1 Å². The minimum atomic E-state index is 0.0615. The second kappa shape index (κ2) is 5.00. The van der Waals surface area contributed by atoms with E-state index in [1.807, 2.05) is 18.2 Å². The fraction of sp³-hybridized carbons (Fsp3) is 0.529. The van der Waals surface area contributed by atoms with Gasteiger partial charge in [0.15, 0.2) is 11.5 Å². The van der Waals surface area contributed by atoms with Gasteiger partial charge in [-0.25, -0.2) is 5.43 Å². The number of ether oxygens (including phenoxy) is 2. The van der Waals surface area contributed by atoms with Crippen LogP contribution < -0.4 is 14.9 Å². The molecule has 2 saturated carbocycles. The van der Waals surface area contributed by atoms with Crippen molar-refractivity contribution in [3.05, 3.63) is 23.8 Å². The Balaban J connectivity index is 1.37. The van der Waals surface area contributed by atoms with E-state index < -0.39 is 0 Å². The smallest absolute Gasteiger partial charge is 0.244 e. The lowest BCUT2D eigenvalue weighted by Crippen LogP contribution is -2.22. The lowest BCUT2D eigenvalue weighted by Gasteiger charge is -2.15. The summed E-state index contributed by atoms with van der Waals surface area (Å²) in [4.78, 5) is 12.3. The lowest BCUT2D eigenvalue weighted by atomic mass is 9.90. The number of carbonyl (C=O) groups is 1. The summed E-state index contributed by atoms with van der Waals surface area (Å²) in [7, 11) is 0. The van der Waals surface area contributed by atoms with Crippen molar-refractivity contribution in [2.75, 3.05) is 6.79 Å². The Morgan fingerprint density at radius 1 is 1.36 bits per heavy atom. The molecule has 0 spiro atoms. The fourth-order valence-electron chi connectivity index (χ4n) is 4.08. The first-order valence-corrected chi connectivity index (χ1v) is 7.91. The molecule has 0 saturated heterocycles. The summed E-state index contributed by atoms with van der Waals surface area (Å²) in [5, 5.41) is 4.10. The van der Waals surface area contributed by atoms with Crippen molar-refractivity contribution < 1.29 is 14.3 Å². The number of fused-ring (bicyclic) bond motifs is 2. The summed E-state index contributed by atoms with van der Waals surface area (Å²) in [6, 6.07) is 5.60. The van der Waals surface area contributed by atoms with E-state index in [4.69, 9.17) is 9.47 Å². The molecule has 5 nitrogen and oxygen atoms in total. The van der Waals surface area contributed by atoms with Gasteiger partial charge in [-0.1, -0.05) is 19.8 Å². The molecule has 5 heteroatoms. The van der Waals surface area contributed by atoms with Gasteiger partial charge in [0.05, 0.1) is 6.21 Å². The molecule has 1 aromatic carbocycles. The SMILES string of the molecule is C[C@@]12CCCC[C@@H]1[C@@H]2C(=O)N/N=C\c1ccc2c(c1)OCO2. The van der Waals surface area contributed by atoms with Crippen LogP contribution in [0.4, 0.5) is 0 Å². The first-order chi connectivity index (χ1) is 10.7. The summed E-state index contributed by atoms with van der Waals surface area (Å²) in [6.45, 7) is 2.50. The average molecular weight is 300 g/mol. The standard InChI is InChI=1S/C17H20N2O3/c1-17-7-3-2-4-12(17)15(17)16(20)19-18-9-11-5-6-13-14(8-11)22-10-21-13/h5-6,8-9,12,15H,2-4,7,10H2,1H3,(H,19,20)/b18-9-/t12-,15-,17-/m1/s1. The van der Waals surface area contributed by atoms with Gasteiger partial charge in [-0.15, -0.1) is 0 Å². The van der Waals surface area contributed by atoms with Crippen LogP contribution in [-0.2, 0) is 4.79 Å². The van der Waals surface area contributed by atoms with Crippen LogP contribution in [0.1, 0.15) is 38.2 Å². The molecule has 1 aromatic rings. The fourth-order valence-corrected chi connectivity index (χ4v) is 4.08. The predicted molar refractivity (Wildman–Crippen MR) is 81.9 cm³/mol. The van der Waals surface area contributed by atoms with Crippen molar-refractivity contribution in [3.63, 3.8) is 0 Å². The number of amides is 1. The van der Waals surface area contributed by atoms with E-state index >= 15 is 0 Å². The number of hydrogen-bond acceptors (Lipinski definition) is 4. The van der Waals surface area contributed by atoms with E-state index in [-0.39, 0.29) is 24.0 Å². The van der Waals surface area contributed by atoms with E-state index in [1.54, 1.807) is 6.21 Å². The maximum Gasteiger partial charge on any atom is 0.244 e. The average Bonchev–Trinajstić information content (AvgIpc) is 2.88. The van der Waals surface area contributed by atoms with Gasteiger partial charge in [-0.05, 0) is 47.9 Å². The van der Waals surface area contributed by atoms with Crippen LogP contribution in [0.25, 0.3) is 0 Å². The Kier molecular flexibility index (Phi) is 3.10. The number of rotatable bonds is 3. The van der Waals surface area contributed by atoms with E-state index in [1.165, 1.54) is 25.7 Å². The van der Waals surface area contributed by atoms with Gasteiger partial charge in [-0.3, -0.25) is 4.79 Å². The molecule has 0 aromatic heterocycles. The highest BCUT2D eigenvalue weighted by molar-refractivity contribution is 5.86. The van der Waals surface area contributed by atoms with Crippen molar-refractivity contribution in [1.82, 2.24) is 5.43 Å². The summed E-state index contributed by atoms with van der Waals surface area (Å²) in [5.41, 5.74) is 3.80. The Morgan fingerprint density at radius 2 is 2.23 bits per heavy atom. The second-order valence-electron chi connectivity index (χ2n) is 6.68. The van der Waals surface area contributed by atoms with Gasteiger partial charge < -0.3 is 9.47 Å². The highest BCUT2D eigenvalue weighted by Gasteiger charge is 2.64. The van der Waals surface area contributed by atoms with Crippen molar-refractivity contribution >= 4 is 12.1 Å². The molecule has 0 radical (unpaired) electrons. The molecule has 0 unspecified atom stereocenters.